The molecule has 0 amide bonds. The van der Waals surface area contributed by atoms with E-state index in [1.54, 1.807) is 6.92 Å². The first-order valence-corrected chi connectivity index (χ1v) is 8.10. The van der Waals surface area contributed by atoms with Gasteiger partial charge in [0, 0.05) is 28.7 Å². The van der Waals surface area contributed by atoms with E-state index in [4.69, 9.17) is 0 Å². The Morgan fingerprint density at radius 3 is 2.35 bits per heavy atom. The summed E-state index contributed by atoms with van der Waals surface area (Å²) in [6.45, 7) is 1.59. The SMILES string of the molecule is CCS(=O)(=O)[C@@H]1[C@@H](CO)[C@@H]1c1ccc(Br)cc1. The average Bonchev–Trinajstić information content (AvgIpc) is 3.05. The van der Waals surface area contributed by atoms with Crippen LogP contribution in [0.4, 0.5) is 0 Å². The molecule has 0 radical (unpaired) electrons. The maximum Gasteiger partial charge on any atom is 0.153 e. The van der Waals surface area contributed by atoms with Crippen LogP contribution in [-0.2, 0) is 9.84 Å². The molecule has 0 aromatic heterocycles. The zero-order chi connectivity index (χ0) is 12.6. The van der Waals surface area contributed by atoms with E-state index in [2.05, 4.69) is 15.9 Å². The smallest absolute Gasteiger partial charge is 0.153 e. The highest BCUT2D eigenvalue weighted by atomic mass is 79.9. The van der Waals surface area contributed by atoms with Gasteiger partial charge in [-0.15, -0.1) is 0 Å². The summed E-state index contributed by atoms with van der Waals surface area (Å²) in [6, 6.07) is 7.64. The van der Waals surface area contributed by atoms with Gasteiger partial charge in [0.25, 0.3) is 0 Å². The fourth-order valence-electron chi connectivity index (χ4n) is 2.36. The van der Waals surface area contributed by atoms with Gasteiger partial charge in [-0.1, -0.05) is 35.0 Å². The van der Waals surface area contributed by atoms with Crippen molar-refractivity contribution in [2.75, 3.05) is 12.4 Å². The van der Waals surface area contributed by atoms with Crippen molar-refractivity contribution in [2.24, 2.45) is 5.92 Å². The first-order valence-electron chi connectivity index (χ1n) is 5.59. The Kier molecular flexibility index (Phi) is 3.61. The van der Waals surface area contributed by atoms with Crippen molar-refractivity contribution >= 4 is 25.8 Å². The molecule has 1 aliphatic rings. The van der Waals surface area contributed by atoms with Crippen LogP contribution in [0.3, 0.4) is 0 Å². The monoisotopic (exact) mass is 318 g/mol. The highest BCUT2D eigenvalue weighted by Gasteiger charge is 2.57. The lowest BCUT2D eigenvalue weighted by atomic mass is 10.1. The molecule has 17 heavy (non-hydrogen) atoms. The fraction of sp³-hybridized carbons (Fsp3) is 0.500. The molecule has 1 aliphatic carbocycles. The number of benzene rings is 1. The van der Waals surface area contributed by atoms with E-state index in [0.717, 1.165) is 10.0 Å². The minimum Gasteiger partial charge on any atom is -0.396 e. The van der Waals surface area contributed by atoms with Crippen LogP contribution in [0.25, 0.3) is 0 Å². The Hall–Kier alpha value is -0.390. The molecule has 1 aromatic carbocycles. The van der Waals surface area contributed by atoms with Crippen molar-refractivity contribution in [3.8, 4) is 0 Å². The van der Waals surface area contributed by atoms with E-state index in [1.807, 2.05) is 24.3 Å². The third kappa shape index (κ3) is 2.41. The van der Waals surface area contributed by atoms with Crippen molar-refractivity contribution in [1.82, 2.24) is 0 Å². The molecule has 0 spiro atoms. The summed E-state index contributed by atoms with van der Waals surface area (Å²) >= 11 is 3.35. The summed E-state index contributed by atoms with van der Waals surface area (Å²) in [5, 5.41) is 8.84. The Bertz CT molecular complexity index is 495. The molecule has 0 aliphatic heterocycles. The highest BCUT2D eigenvalue weighted by molar-refractivity contribution is 9.10. The Labute approximate surface area is 110 Å². The fourth-order valence-corrected chi connectivity index (χ4v) is 4.52. The van der Waals surface area contributed by atoms with E-state index < -0.39 is 15.1 Å². The molecule has 0 heterocycles. The zero-order valence-corrected chi connectivity index (χ0v) is 11.9. The van der Waals surface area contributed by atoms with Crippen molar-refractivity contribution in [1.29, 1.82) is 0 Å². The van der Waals surface area contributed by atoms with Gasteiger partial charge < -0.3 is 5.11 Å². The molecule has 0 bridgehead atoms. The summed E-state index contributed by atoms with van der Waals surface area (Å²) in [5.41, 5.74) is 0.995. The maximum atomic E-state index is 11.9. The number of sulfone groups is 1. The van der Waals surface area contributed by atoms with Crippen LogP contribution in [0.5, 0.6) is 0 Å². The Morgan fingerprint density at radius 2 is 1.88 bits per heavy atom. The van der Waals surface area contributed by atoms with Crippen molar-refractivity contribution in [3.05, 3.63) is 34.3 Å². The zero-order valence-electron chi connectivity index (χ0n) is 9.51. The second-order valence-corrected chi connectivity index (χ2v) is 7.70. The largest absolute Gasteiger partial charge is 0.396 e. The lowest BCUT2D eigenvalue weighted by molar-refractivity contribution is 0.274. The van der Waals surface area contributed by atoms with Gasteiger partial charge in [-0.2, -0.15) is 0 Å². The van der Waals surface area contributed by atoms with Crippen molar-refractivity contribution in [3.63, 3.8) is 0 Å². The number of hydrogen-bond donors (Lipinski definition) is 1. The predicted molar refractivity (Wildman–Crippen MR) is 70.7 cm³/mol. The van der Waals surface area contributed by atoms with E-state index in [1.165, 1.54) is 0 Å². The molecule has 5 heteroatoms. The van der Waals surface area contributed by atoms with Gasteiger partial charge in [-0.25, -0.2) is 8.42 Å². The van der Waals surface area contributed by atoms with E-state index in [9.17, 15) is 13.5 Å². The van der Waals surface area contributed by atoms with E-state index in [0.29, 0.717) is 0 Å². The first-order chi connectivity index (χ1) is 8.01. The molecule has 3 atom stereocenters. The number of hydrogen-bond acceptors (Lipinski definition) is 3. The lowest BCUT2D eigenvalue weighted by Gasteiger charge is -2.01. The van der Waals surface area contributed by atoms with Crippen molar-refractivity contribution < 1.29 is 13.5 Å². The third-order valence-electron chi connectivity index (χ3n) is 3.38. The maximum absolute atomic E-state index is 11.9. The van der Waals surface area contributed by atoms with Crippen LogP contribution in [-0.4, -0.2) is 31.1 Å². The minimum absolute atomic E-state index is 0.0435. The van der Waals surface area contributed by atoms with Gasteiger partial charge in [0.15, 0.2) is 9.84 Å². The number of aliphatic hydroxyl groups is 1. The van der Waals surface area contributed by atoms with Crippen LogP contribution in [0.15, 0.2) is 28.7 Å². The third-order valence-corrected chi connectivity index (χ3v) is 6.18. The summed E-state index contributed by atoms with van der Waals surface area (Å²) in [5.74, 6) is -0.0412. The summed E-state index contributed by atoms with van der Waals surface area (Å²) in [6.07, 6.45) is 0. The normalized spacial score (nSPS) is 28.1. The van der Waals surface area contributed by atoms with Crippen LogP contribution in [0.1, 0.15) is 18.4 Å². The molecular formula is C12H15BrO3S. The number of aliphatic hydroxyl groups excluding tert-OH is 1. The molecule has 2 rings (SSSR count). The second-order valence-electron chi connectivity index (χ2n) is 4.34. The van der Waals surface area contributed by atoms with Crippen molar-refractivity contribution in [2.45, 2.75) is 18.1 Å². The van der Waals surface area contributed by atoms with Gasteiger partial charge in [-0.3, -0.25) is 0 Å². The molecule has 1 N–H and O–H groups in total. The average molecular weight is 319 g/mol. The summed E-state index contributed by atoms with van der Waals surface area (Å²) < 4.78 is 24.7. The minimum atomic E-state index is -3.07. The van der Waals surface area contributed by atoms with Crippen LogP contribution < -0.4 is 0 Å². The van der Waals surface area contributed by atoms with E-state index in [-0.39, 0.29) is 24.2 Å². The first kappa shape index (κ1) is 13.1. The van der Waals surface area contributed by atoms with Gasteiger partial charge in [0.2, 0.25) is 0 Å². The van der Waals surface area contributed by atoms with Crippen LogP contribution in [0.2, 0.25) is 0 Å². The van der Waals surface area contributed by atoms with Crippen LogP contribution in [0, 0.1) is 5.92 Å². The van der Waals surface area contributed by atoms with E-state index >= 15 is 0 Å². The Balaban J connectivity index is 2.26. The quantitative estimate of drug-likeness (QED) is 0.923. The van der Waals surface area contributed by atoms with Gasteiger partial charge in [0.1, 0.15) is 0 Å². The molecular weight excluding hydrogens is 304 g/mol. The predicted octanol–water partition coefficient (Wildman–Crippen LogP) is 1.96. The summed E-state index contributed by atoms with van der Waals surface area (Å²) in [4.78, 5) is 0. The summed E-state index contributed by atoms with van der Waals surface area (Å²) in [7, 11) is -3.07. The molecule has 1 fully saturated rings. The molecule has 1 saturated carbocycles. The highest BCUT2D eigenvalue weighted by Crippen LogP contribution is 2.52. The van der Waals surface area contributed by atoms with Gasteiger partial charge in [-0.05, 0) is 17.7 Å². The lowest BCUT2D eigenvalue weighted by Crippen LogP contribution is -2.13. The molecule has 3 nitrogen and oxygen atoms in total. The van der Waals surface area contributed by atoms with Crippen LogP contribution >= 0.6 is 15.9 Å². The molecule has 1 aromatic rings. The van der Waals surface area contributed by atoms with Gasteiger partial charge >= 0.3 is 0 Å². The second kappa shape index (κ2) is 4.71. The molecule has 94 valence electrons. The number of halogens is 1. The van der Waals surface area contributed by atoms with Gasteiger partial charge in [0.05, 0.1) is 5.25 Å². The Morgan fingerprint density at radius 1 is 1.29 bits per heavy atom. The number of rotatable bonds is 4. The molecule has 0 unspecified atom stereocenters. The molecule has 0 saturated heterocycles. The topological polar surface area (TPSA) is 54.4 Å². The standard InChI is InChI=1S/C12H15BrO3S/c1-2-17(15,16)12-10(7-14)11(12)8-3-5-9(13)6-4-8/h3-6,10-12,14H,2,7H2,1H3/t10-,11-,12+/m0/s1.